The molecule has 1 nitrogen and oxygen atoms in total. The van der Waals surface area contributed by atoms with Crippen molar-refractivity contribution < 1.29 is 4.74 Å². The zero-order chi connectivity index (χ0) is 36.0. The van der Waals surface area contributed by atoms with E-state index >= 15 is 0 Å². The van der Waals surface area contributed by atoms with E-state index in [2.05, 4.69) is 218 Å². The van der Waals surface area contributed by atoms with E-state index in [1.807, 2.05) is 36.6 Å². The summed E-state index contributed by atoms with van der Waals surface area (Å²) in [5.74, 6) is 3.10. The number of benzene rings is 8. The van der Waals surface area contributed by atoms with E-state index in [1.165, 1.54) is 37.8 Å². The fraction of sp³-hybridized carbons (Fsp3) is 0. The summed E-state index contributed by atoms with van der Waals surface area (Å²) in [6, 6.07) is 85.6. The molecule has 0 spiro atoms. The molecule has 53 heavy (non-hydrogen) atoms. The van der Waals surface area contributed by atoms with Gasteiger partial charge in [-0.15, -0.1) is 0 Å². The monoisotopic (exact) mass is 700 g/mol. The zero-order valence-electron chi connectivity index (χ0n) is 29.7. The first-order chi connectivity index (χ1) is 26.3. The molecule has 256 valence electrons. The highest BCUT2D eigenvalue weighted by Crippen LogP contribution is 2.56. The Morgan fingerprint density at radius 2 is 0.547 bits per heavy atom. The van der Waals surface area contributed by atoms with Gasteiger partial charge in [0.15, 0.2) is 0 Å². The molecule has 3 heteroatoms. The quantitative estimate of drug-likeness (QED) is 0.0790. The lowest BCUT2D eigenvalue weighted by atomic mass is 9.13. The van der Waals surface area contributed by atoms with Crippen LogP contribution in [0.5, 0.6) is 5.75 Å². The van der Waals surface area contributed by atoms with Gasteiger partial charge in [-0.25, -0.2) is 0 Å². The highest BCUT2D eigenvalue weighted by molar-refractivity contribution is 7.98. The molecule has 0 radical (unpaired) electrons. The van der Waals surface area contributed by atoms with E-state index in [-0.39, 0.29) is 0 Å². The fourth-order valence-electron chi connectivity index (χ4n) is 7.52. The van der Waals surface area contributed by atoms with Crippen molar-refractivity contribution in [3.63, 3.8) is 0 Å². The van der Waals surface area contributed by atoms with E-state index in [0.29, 0.717) is 0 Å². The molecule has 0 aliphatic heterocycles. The Hall–Kier alpha value is -6.21. The molecule has 0 saturated heterocycles. The summed E-state index contributed by atoms with van der Waals surface area (Å²) in [6.45, 7) is 0. The van der Waals surface area contributed by atoms with Gasteiger partial charge >= 0.3 is 0 Å². The second-order valence-electron chi connectivity index (χ2n) is 13.0. The third kappa shape index (κ3) is 7.70. The zero-order valence-corrected chi connectivity index (χ0v) is 30.6. The third-order valence-electron chi connectivity index (χ3n) is 9.92. The van der Waals surface area contributed by atoms with Crippen LogP contribution in [0, 0.1) is 0 Å². The largest absolute Gasteiger partial charge is 0.462 e. The van der Waals surface area contributed by atoms with Crippen LogP contribution in [0.3, 0.4) is 0 Å². The third-order valence-corrected chi connectivity index (χ3v) is 13.8. The summed E-state index contributed by atoms with van der Waals surface area (Å²) in [5, 5.41) is 3.92. The second kappa shape index (κ2) is 17.3. The number of para-hydroxylation sites is 1. The summed E-state index contributed by atoms with van der Waals surface area (Å²) in [4.78, 5) is 0. The highest BCUT2D eigenvalue weighted by Gasteiger charge is 2.43. The van der Waals surface area contributed by atoms with Crippen LogP contribution in [0.15, 0.2) is 255 Å². The van der Waals surface area contributed by atoms with Crippen LogP contribution >= 0.6 is 7.26 Å². The van der Waals surface area contributed by atoms with Gasteiger partial charge in [0.2, 0.25) is 0 Å². The lowest BCUT2D eigenvalue weighted by Crippen LogP contribution is -2.74. The lowest BCUT2D eigenvalue weighted by molar-refractivity contribution is 0.482. The molecule has 0 aliphatic carbocycles. The molecule has 0 unspecified atom stereocenters. The molecule has 8 rings (SSSR count). The molecule has 8 aromatic carbocycles. The highest BCUT2D eigenvalue weighted by atomic mass is 31.2. The molecule has 0 heterocycles. The van der Waals surface area contributed by atoms with Crippen molar-refractivity contribution in [3.05, 3.63) is 255 Å². The summed E-state index contributed by atoms with van der Waals surface area (Å²) < 4.78 is 5.97. The molecule has 0 saturated carbocycles. The molecule has 0 amide bonds. The average Bonchev–Trinajstić information content (AvgIpc) is 3.26. The predicted molar refractivity (Wildman–Crippen MR) is 231 cm³/mol. The van der Waals surface area contributed by atoms with E-state index < -0.39 is 13.4 Å². The van der Waals surface area contributed by atoms with Crippen LogP contribution in [-0.4, -0.2) is 6.15 Å². The van der Waals surface area contributed by atoms with Crippen molar-refractivity contribution in [1.29, 1.82) is 0 Å². The van der Waals surface area contributed by atoms with Crippen molar-refractivity contribution in [2.45, 2.75) is 0 Å². The number of hydrogen-bond acceptors (Lipinski definition) is 1. The molecule has 0 aliphatic rings. The van der Waals surface area contributed by atoms with Gasteiger partial charge in [-0.2, -0.15) is 21.9 Å². The van der Waals surface area contributed by atoms with E-state index in [4.69, 9.17) is 4.74 Å². The van der Waals surface area contributed by atoms with Crippen molar-refractivity contribution >= 4 is 51.2 Å². The fourth-order valence-corrected chi connectivity index (χ4v) is 11.1. The van der Waals surface area contributed by atoms with Crippen LogP contribution < -0.4 is 42.5 Å². The lowest BCUT2D eigenvalue weighted by Gasteiger charge is -2.44. The van der Waals surface area contributed by atoms with E-state index in [0.717, 1.165) is 5.75 Å². The first kappa shape index (κ1) is 35.2. The minimum absolute atomic E-state index is 0.839. The van der Waals surface area contributed by atoms with Crippen LogP contribution in [0.2, 0.25) is 0 Å². The van der Waals surface area contributed by atoms with Gasteiger partial charge < -0.3 is 4.74 Å². The molecule has 8 aromatic rings. The predicted octanol–water partition coefficient (Wildman–Crippen LogP) is 8.59. The van der Waals surface area contributed by atoms with Crippen molar-refractivity contribution in [2.24, 2.45) is 0 Å². The Kier molecular flexibility index (Phi) is 11.5. The maximum atomic E-state index is 5.97. The first-order valence-corrected chi connectivity index (χ1v) is 20.0. The van der Waals surface area contributed by atoms with Gasteiger partial charge in [-0.1, -0.05) is 194 Å². The Balaban J connectivity index is 0.000000165. The van der Waals surface area contributed by atoms with Crippen LogP contribution in [0.25, 0.3) is 0 Å². The number of hydrogen-bond donors (Lipinski definition) is 0. The SMILES string of the molecule is C(=C\[P+](c1ccccc1)(c1ccccc1)c1ccccc1)/Oc1ccccc1.c1ccc([B-](c2ccccc2)(c2ccccc2)c2ccccc2)cc1. The standard InChI is InChI=1S/C26H22OP.C24H20B/c1-5-13-23(14-6-1)27-21-22-28(24-15-7-2-8-16-24,25-17-9-3-10-18-25)26-19-11-4-12-20-26;1-5-13-21(14-6-1)25(22-15-7-2-8-16-22,23-17-9-3-10-18-23)24-19-11-4-12-20-24/h1-22H;1-20H/q+1;-1/b22-21+;. The molecular weight excluding hydrogens is 658 g/mol. The topological polar surface area (TPSA) is 9.23 Å². The van der Waals surface area contributed by atoms with Crippen LogP contribution in [0.1, 0.15) is 0 Å². The van der Waals surface area contributed by atoms with Gasteiger partial charge in [0.25, 0.3) is 0 Å². The Morgan fingerprint density at radius 1 is 0.302 bits per heavy atom. The minimum atomic E-state index is -2.00. The van der Waals surface area contributed by atoms with Gasteiger partial charge in [0.1, 0.15) is 47.2 Å². The Morgan fingerprint density at radius 3 is 0.830 bits per heavy atom. The molecule has 0 aromatic heterocycles. The Labute approximate surface area is 315 Å². The minimum Gasteiger partial charge on any atom is -0.462 e. The number of rotatable bonds is 10. The van der Waals surface area contributed by atoms with Crippen molar-refractivity contribution in [3.8, 4) is 5.75 Å². The maximum absolute atomic E-state index is 5.97. The molecule has 0 atom stereocenters. The summed E-state index contributed by atoms with van der Waals surface area (Å²) >= 11 is 0. The van der Waals surface area contributed by atoms with Gasteiger partial charge in [0, 0.05) is 0 Å². The van der Waals surface area contributed by atoms with E-state index in [1.54, 1.807) is 0 Å². The first-order valence-electron chi connectivity index (χ1n) is 18.1. The van der Waals surface area contributed by atoms with E-state index in [9.17, 15) is 0 Å². The van der Waals surface area contributed by atoms with Gasteiger partial charge in [-0.3, -0.25) is 0 Å². The van der Waals surface area contributed by atoms with Gasteiger partial charge in [0.05, 0.1) is 0 Å². The maximum Gasteiger partial charge on any atom is 0.140 e. The second-order valence-corrected chi connectivity index (χ2v) is 16.2. The number of ether oxygens (including phenoxy) is 1. The Bertz CT molecular complexity index is 2010. The summed E-state index contributed by atoms with van der Waals surface area (Å²) in [6.07, 6.45) is 0.642. The van der Waals surface area contributed by atoms with Crippen molar-refractivity contribution in [1.82, 2.24) is 0 Å². The average molecular weight is 701 g/mol. The molecular formula is C50H42BOP. The normalized spacial score (nSPS) is 11.3. The molecule has 0 N–H and O–H groups in total. The summed E-state index contributed by atoms with van der Waals surface area (Å²) in [5.41, 5.74) is 5.36. The smallest absolute Gasteiger partial charge is 0.140 e. The summed E-state index contributed by atoms with van der Waals surface area (Å²) in [7, 11) is -2.00. The van der Waals surface area contributed by atoms with Crippen molar-refractivity contribution in [2.75, 3.05) is 0 Å². The van der Waals surface area contributed by atoms with Gasteiger partial charge in [-0.05, 0) is 48.5 Å². The van der Waals surface area contributed by atoms with Crippen LogP contribution in [0.4, 0.5) is 0 Å². The van der Waals surface area contributed by atoms with Crippen LogP contribution in [-0.2, 0) is 0 Å². The molecule has 0 bridgehead atoms. The molecule has 0 fully saturated rings.